The SMILES string of the molecule is C[C@H](C/C=C/I)O[Si](C)(C)C(C)(C)C. The highest BCUT2D eigenvalue weighted by Crippen LogP contribution is 2.37. The summed E-state index contributed by atoms with van der Waals surface area (Å²) in [5.41, 5.74) is 0. The molecule has 0 bridgehead atoms. The van der Waals surface area contributed by atoms with E-state index in [1.165, 1.54) is 0 Å². The van der Waals surface area contributed by atoms with E-state index in [1.54, 1.807) is 0 Å². The number of halogens is 1. The Morgan fingerprint density at radius 2 is 1.86 bits per heavy atom. The van der Waals surface area contributed by atoms with Crippen molar-refractivity contribution in [2.75, 3.05) is 0 Å². The predicted molar refractivity (Wildman–Crippen MR) is 75.5 cm³/mol. The molecule has 14 heavy (non-hydrogen) atoms. The largest absolute Gasteiger partial charge is 0.414 e. The lowest BCUT2D eigenvalue weighted by atomic mass is 10.2. The minimum atomic E-state index is -1.55. The lowest BCUT2D eigenvalue weighted by Gasteiger charge is -2.38. The van der Waals surface area contributed by atoms with Crippen LogP contribution in [0, 0.1) is 0 Å². The standard InChI is InChI=1S/C11H23IOSi/c1-10(8-7-9-12)13-14(5,6)11(2,3)4/h7,9-10H,8H2,1-6H3/b9-7+/t10-/m1/s1. The third-order valence-electron chi connectivity index (χ3n) is 2.86. The summed E-state index contributed by atoms with van der Waals surface area (Å²) in [5.74, 6) is 0. The van der Waals surface area contributed by atoms with Crippen LogP contribution in [0.15, 0.2) is 10.2 Å². The van der Waals surface area contributed by atoms with Gasteiger partial charge in [0, 0.05) is 6.10 Å². The second-order valence-corrected chi connectivity index (χ2v) is 10.8. The van der Waals surface area contributed by atoms with Crippen LogP contribution in [0.5, 0.6) is 0 Å². The van der Waals surface area contributed by atoms with Crippen LogP contribution >= 0.6 is 22.6 Å². The van der Waals surface area contributed by atoms with Gasteiger partial charge in [-0.1, -0.05) is 49.4 Å². The first kappa shape index (κ1) is 14.6. The van der Waals surface area contributed by atoms with Gasteiger partial charge >= 0.3 is 0 Å². The van der Waals surface area contributed by atoms with Gasteiger partial charge in [-0.25, -0.2) is 0 Å². The average molecular weight is 326 g/mol. The molecular formula is C11H23IOSi. The Bertz CT molecular complexity index is 194. The third-order valence-corrected chi connectivity index (χ3v) is 7.97. The third kappa shape index (κ3) is 4.93. The van der Waals surface area contributed by atoms with Gasteiger partial charge in [-0.05, 0) is 35.6 Å². The van der Waals surface area contributed by atoms with Crippen LogP contribution in [0.2, 0.25) is 18.1 Å². The maximum atomic E-state index is 6.19. The summed E-state index contributed by atoms with van der Waals surface area (Å²) in [7, 11) is -1.55. The molecule has 0 saturated heterocycles. The van der Waals surface area contributed by atoms with E-state index in [0.29, 0.717) is 11.1 Å². The van der Waals surface area contributed by atoms with Gasteiger partial charge in [-0.3, -0.25) is 0 Å². The highest BCUT2D eigenvalue weighted by Gasteiger charge is 2.38. The van der Waals surface area contributed by atoms with Crippen molar-refractivity contribution in [3.8, 4) is 0 Å². The Labute approximate surface area is 104 Å². The Kier molecular flexibility index (Phi) is 5.92. The Morgan fingerprint density at radius 3 is 2.21 bits per heavy atom. The maximum absolute atomic E-state index is 6.19. The van der Waals surface area contributed by atoms with Crippen molar-refractivity contribution >= 4 is 30.9 Å². The Balaban J connectivity index is 4.22. The van der Waals surface area contributed by atoms with E-state index in [4.69, 9.17) is 4.43 Å². The van der Waals surface area contributed by atoms with Crippen LogP contribution in [0.3, 0.4) is 0 Å². The van der Waals surface area contributed by atoms with Crippen molar-refractivity contribution in [1.82, 2.24) is 0 Å². The second-order valence-electron chi connectivity index (χ2n) is 5.29. The molecule has 0 unspecified atom stereocenters. The summed E-state index contributed by atoms with van der Waals surface area (Å²) in [4.78, 5) is 0. The zero-order chi connectivity index (χ0) is 11.4. The molecule has 0 radical (unpaired) electrons. The van der Waals surface area contributed by atoms with Crippen LogP contribution in [-0.4, -0.2) is 14.4 Å². The molecule has 0 aromatic heterocycles. The number of hydrogen-bond acceptors (Lipinski definition) is 1. The van der Waals surface area contributed by atoms with Crippen LogP contribution in [-0.2, 0) is 4.43 Å². The fourth-order valence-electron chi connectivity index (χ4n) is 0.971. The van der Waals surface area contributed by atoms with Gasteiger partial charge in [0.25, 0.3) is 0 Å². The van der Waals surface area contributed by atoms with E-state index < -0.39 is 8.32 Å². The molecule has 1 nitrogen and oxygen atoms in total. The normalized spacial score (nSPS) is 16.2. The summed E-state index contributed by atoms with van der Waals surface area (Å²) in [6.45, 7) is 13.6. The van der Waals surface area contributed by atoms with Crippen LogP contribution in [0.1, 0.15) is 34.1 Å². The van der Waals surface area contributed by atoms with E-state index in [0.717, 1.165) is 6.42 Å². The minimum absolute atomic E-state index is 0.315. The summed E-state index contributed by atoms with van der Waals surface area (Å²) in [6, 6.07) is 0. The van der Waals surface area contributed by atoms with Crippen molar-refractivity contribution in [3.05, 3.63) is 10.2 Å². The molecule has 84 valence electrons. The molecule has 3 heteroatoms. The number of rotatable bonds is 4. The van der Waals surface area contributed by atoms with E-state index in [2.05, 4.69) is 73.5 Å². The molecular weight excluding hydrogens is 303 g/mol. The molecule has 0 aliphatic carbocycles. The van der Waals surface area contributed by atoms with Crippen LogP contribution < -0.4 is 0 Å². The zero-order valence-electron chi connectivity index (χ0n) is 10.2. The second kappa shape index (κ2) is 5.65. The van der Waals surface area contributed by atoms with Gasteiger partial charge in [-0.2, -0.15) is 0 Å². The van der Waals surface area contributed by atoms with Crippen molar-refractivity contribution in [2.45, 2.75) is 58.4 Å². The topological polar surface area (TPSA) is 9.23 Å². The van der Waals surface area contributed by atoms with Gasteiger partial charge < -0.3 is 4.43 Å². The monoisotopic (exact) mass is 326 g/mol. The van der Waals surface area contributed by atoms with Crippen LogP contribution in [0.25, 0.3) is 0 Å². The molecule has 0 aliphatic heterocycles. The van der Waals surface area contributed by atoms with E-state index in [1.807, 2.05) is 0 Å². The van der Waals surface area contributed by atoms with Crippen molar-refractivity contribution in [3.63, 3.8) is 0 Å². The van der Waals surface area contributed by atoms with Crippen LogP contribution in [0.4, 0.5) is 0 Å². The summed E-state index contributed by atoms with van der Waals surface area (Å²) in [5, 5.41) is 0.315. The fraction of sp³-hybridized carbons (Fsp3) is 0.818. The van der Waals surface area contributed by atoms with Crippen molar-refractivity contribution < 1.29 is 4.43 Å². The molecule has 0 aliphatic rings. The van der Waals surface area contributed by atoms with Crippen molar-refractivity contribution in [2.24, 2.45) is 0 Å². The molecule has 0 N–H and O–H groups in total. The molecule has 0 spiro atoms. The lowest BCUT2D eigenvalue weighted by Crippen LogP contribution is -2.43. The highest BCUT2D eigenvalue weighted by molar-refractivity contribution is 14.1. The minimum Gasteiger partial charge on any atom is -0.414 e. The summed E-state index contributed by atoms with van der Waals surface area (Å²) >= 11 is 2.25. The summed E-state index contributed by atoms with van der Waals surface area (Å²) in [6.07, 6.45) is 3.54. The quantitative estimate of drug-likeness (QED) is 0.536. The van der Waals surface area contributed by atoms with Gasteiger partial charge in [-0.15, -0.1) is 0 Å². The Hall–Kier alpha value is 0.647. The highest BCUT2D eigenvalue weighted by atomic mass is 127. The van der Waals surface area contributed by atoms with E-state index >= 15 is 0 Å². The predicted octanol–water partition coefficient (Wildman–Crippen LogP) is 4.74. The first-order valence-electron chi connectivity index (χ1n) is 5.14. The fourth-order valence-corrected chi connectivity index (χ4v) is 2.72. The first-order chi connectivity index (χ1) is 6.20. The van der Waals surface area contributed by atoms with Gasteiger partial charge in [0.15, 0.2) is 8.32 Å². The number of hydrogen-bond donors (Lipinski definition) is 0. The summed E-state index contributed by atoms with van der Waals surface area (Å²) < 4.78 is 8.25. The maximum Gasteiger partial charge on any atom is 0.192 e. The zero-order valence-corrected chi connectivity index (χ0v) is 13.4. The van der Waals surface area contributed by atoms with Gasteiger partial charge in [0.05, 0.1) is 0 Å². The van der Waals surface area contributed by atoms with E-state index in [-0.39, 0.29) is 0 Å². The van der Waals surface area contributed by atoms with Gasteiger partial charge in [0.2, 0.25) is 0 Å². The molecule has 0 rings (SSSR count). The Morgan fingerprint density at radius 1 is 1.36 bits per heavy atom. The molecule has 0 amide bonds. The smallest absolute Gasteiger partial charge is 0.192 e. The van der Waals surface area contributed by atoms with Gasteiger partial charge in [0.1, 0.15) is 0 Å². The molecule has 0 aromatic rings. The molecule has 0 aromatic carbocycles. The van der Waals surface area contributed by atoms with Crippen molar-refractivity contribution in [1.29, 1.82) is 0 Å². The average Bonchev–Trinajstić information content (AvgIpc) is 1.97. The first-order valence-corrected chi connectivity index (χ1v) is 9.29. The molecule has 0 saturated carbocycles. The lowest BCUT2D eigenvalue weighted by molar-refractivity contribution is 0.202. The molecule has 0 fully saturated rings. The molecule has 0 heterocycles. The molecule has 1 atom stereocenters. The van der Waals surface area contributed by atoms with E-state index in [9.17, 15) is 0 Å².